The van der Waals surface area contributed by atoms with Gasteiger partial charge in [0.05, 0.1) is 12.9 Å². The van der Waals surface area contributed by atoms with Crippen molar-refractivity contribution in [3.8, 4) is 0 Å². The predicted molar refractivity (Wildman–Crippen MR) is 74.2 cm³/mol. The summed E-state index contributed by atoms with van der Waals surface area (Å²) in [5.74, 6) is -1.50. The molecule has 0 aliphatic rings. The van der Waals surface area contributed by atoms with Crippen molar-refractivity contribution in [3.05, 3.63) is 40.4 Å². The minimum absolute atomic E-state index is 0.278. The molecule has 0 bridgehead atoms. The zero-order chi connectivity index (χ0) is 15.2. The number of hydrogen-bond donors (Lipinski definition) is 0. The third-order valence-electron chi connectivity index (χ3n) is 2.54. The van der Waals surface area contributed by atoms with Gasteiger partial charge in [-0.05, 0) is 30.5 Å². The molecule has 0 saturated carbocycles. The van der Waals surface area contributed by atoms with Crippen LogP contribution in [0.15, 0.2) is 24.3 Å². The van der Waals surface area contributed by atoms with Crippen molar-refractivity contribution in [2.45, 2.75) is 12.8 Å². The van der Waals surface area contributed by atoms with E-state index in [1.54, 1.807) is 24.3 Å². The van der Waals surface area contributed by atoms with Gasteiger partial charge in [0.2, 0.25) is 0 Å². The van der Waals surface area contributed by atoms with Gasteiger partial charge in [-0.2, -0.15) is 0 Å². The van der Waals surface area contributed by atoms with E-state index >= 15 is 0 Å². The quantitative estimate of drug-likeness (QED) is 0.276. The fraction of sp³-hybridized carbons (Fsp3) is 0.333. The van der Waals surface area contributed by atoms with E-state index in [0.29, 0.717) is 11.4 Å². The van der Waals surface area contributed by atoms with Crippen LogP contribution in [0.4, 0.5) is 0 Å². The summed E-state index contributed by atoms with van der Waals surface area (Å²) in [7, 11) is -2.95. The Morgan fingerprint density at radius 3 is 2.45 bits per heavy atom. The summed E-state index contributed by atoms with van der Waals surface area (Å²) in [6.45, 7) is 0. The molecule has 0 amide bonds. The Morgan fingerprint density at radius 1 is 1.35 bits per heavy atom. The highest BCUT2D eigenvalue weighted by Gasteiger charge is 2.36. The lowest BCUT2D eigenvalue weighted by Gasteiger charge is -2.01. The van der Waals surface area contributed by atoms with Crippen LogP contribution in [-0.4, -0.2) is 37.1 Å². The van der Waals surface area contributed by atoms with Crippen molar-refractivity contribution in [2.24, 2.45) is 0 Å². The summed E-state index contributed by atoms with van der Waals surface area (Å²) in [6, 6.07) is 6.99. The van der Waals surface area contributed by atoms with Crippen molar-refractivity contribution in [1.82, 2.24) is 0 Å². The molecule has 0 aliphatic carbocycles. The van der Waals surface area contributed by atoms with Crippen LogP contribution in [0.3, 0.4) is 0 Å². The zero-order valence-electron chi connectivity index (χ0n) is 10.7. The first kappa shape index (κ1) is 16.4. The maximum atomic E-state index is 11.8. The van der Waals surface area contributed by atoms with Crippen LogP contribution >= 0.6 is 11.6 Å². The normalized spacial score (nSPS) is 10.7. The Labute approximate surface area is 121 Å². The van der Waals surface area contributed by atoms with Crippen molar-refractivity contribution in [2.75, 3.05) is 12.9 Å². The molecular formula is C12H13ClN2O4S. The lowest BCUT2D eigenvalue weighted by molar-refractivity contribution is -0.136. The molecule has 8 heteroatoms. The highest BCUT2D eigenvalue weighted by Crippen LogP contribution is 2.11. The summed E-state index contributed by atoms with van der Waals surface area (Å²) < 4.78 is 27.8. The van der Waals surface area contributed by atoms with Gasteiger partial charge >= 0.3 is 11.0 Å². The molecule has 1 rings (SSSR count). The monoisotopic (exact) mass is 316 g/mol. The van der Waals surface area contributed by atoms with E-state index in [-0.39, 0.29) is 12.2 Å². The van der Waals surface area contributed by atoms with E-state index in [0.717, 1.165) is 12.7 Å². The minimum Gasteiger partial charge on any atom is -0.460 e. The van der Waals surface area contributed by atoms with Gasteiger partial charge in [0.25, 0.3) is 9.84 Å². The largest absolute Gasteiger partial charge is 0.488 e. The van der Waals surface area contributed by atoms with Crippen molar-refractivity contribution < 1.29 is 22.7 Å². The van der Waals surface area contributed by atoms with Crippen LogP contribution in [0.1, 0.15) is 12.0 Å². The second-order valence-electron chi connectivity index (χ2n) is 3.95. The summed E-state index contributed by atoms with van der Waals surface area (Å²) in [5.41, 5.74) is 9.52. The van der Waals surface area contributed by atoms with E-state index in [4.69, 9.17) is 17.1 Å². The molecule has 1 aromatic rings. The molecule has 108 valence electrons. The van der Waals surface area contributed by atoms with E-state index in [1.165, 1.54) is 0 Å². The lowest BCUT2D eigenvalue weighted by atomic mass is 10.1. The van der Waals surface area contributed by atoms with Gasteiger partial charge in [-0.3, -0.25) is 0 Å². The predicted octanol–water partition coefficient (Wildman–Crippen LogP) is 1.49. The third-order valence-corrected chi connectivity index (χ3v) is 4.45. The van der Waals surface area contributed by atoms with E-state index in [1.807, 2.05) is 0 Å². The number of aryl methyl sites for hydroxylation is 1. The molecule has 0 radical (unpaired) electrons. The topological polar surface area (TPSA) is 96.8 Å². The van der Waals surface area contributed by atoms with Crippen molar-refractivity contribution in [1.29, 1.82) is 0 Å². The molecule has 0 fully saturated rings. The summed E-state index contributed by atoms with van der Waals surface area (Å²) in [4.78, 5) is 13.7. The number of benzene rings is 1. The van der Waals surface area contributed by atoms with Gasteiger partial charge in [0, 0.05) is 5.02 Å². The standard InChI is InChI=1S/C12H13ClN2O4S/c1-19-12(16)11(15-14)20(17,18)8-2-3-9-4-6-10(13)7-5-9/h4-7H,2-3,8H2,1H3. The van der Waals surface area contributed by atoms with Gasteiger partial charge in [-0.1, -0.05) is 23.7 Å². The van der Waals surface area contributed by atoms with Crippen molar-refractivity contribution in [3.63, 3.8) is 0 Å². The molecule has 0 N–H and O–H groups in total. The molecule has 0 heterocycles. The van der Waals surface area contributed by atoms with E-state index in [2.05, 4.69) is 9.53 Å². The maximum Gasteiger partial charge on any atom is 0.488 e. The number of rotatable bonds is 4. The van der Waals surface area contributed by atoms with Crippen LogP contribution in [0.2, 0.25) is 5.02 Å². The molecule has 0 spiro atoms. The molecule has 0 atom stereocenters. The Morgan fingerprint density at radius 2 is 1.95 bits per heavy atom. The Hall–Kier alpha value is -1.69. The minimum atomic E-state index is -3.96. The molecule has 0 aromatic heterocycles. The van der Waals surface area contributed by atoms with Crippen molar-refractivity contribution >= 4 is 32.5 Å². The van der Waals surface area contributed by atoms with Gasteiger partial charge in [-0.15, -0.1) is 4.79 Å². The number of nitrogens with zero attached hydrogens (tertiary/aromatic N) is 2. The van der Waals surface area contributed by atoms with E-state index < -0.39 is 20.9 Å². The smallest absolute Gasteiger partial charge is 0.460 e. The number of methoxy groups -OCH3 is 1. The molecule has 6 nitrogen and oxygen atoms in total. The molecule has 1 aromatic carbocycles. The maximum absolute atomic E-state index is 11.8. The van der Waals surface area contributed by atoms with Crippen LogP contribution in [0.25, 0.3) is 5.53 Å². The number of ether oxygens (including phenoxy) is 1. The number of carbonyl (C=O) groups is 1. The average Bonchev–Trinajstić information content (AvgIpc) is 2.41. The molecule has 0 aliphatic heterocycles. The number of halogens is 1. The summed E-state index contributed by atoms with van der Waals surface area (Å²) >= 11 is 5.74. The molecule has 0 unspecified atom stereocenters. The number of sulfone groups is 1. The molecule has 0 saturated heterocycles. The second-order valence-corrected chi connectivity index (χ2v) is 6.41. The first-order chi connectivity index (χ1) is 9.40. The first-order valence-electron chi connectivity index (χ1n) is 5.68. The van der Waals surface area contributed by atoms with Gasteiger partial charge in [0.1, 0.15) is 0 Å². The zero-order valence-corrected chi connectivity index (χ0v) is 12.3. The van der Waals surface area contributed by atoms with Crippen LogP contribution in [0, 0.1) is 0 Å². The van der Waals surface area contributed by atoms with Crippen LogP contribution in [-0.2, 0) is 25.8 Å². The fourth-order valence-corrected chi connectivity index (χ4v) is 2.84. The average molecular weight is 317 g/mol. The van der Waals surface area contributed by atoms with Gasteiger partial charge < -0.3 is 10.3 Å². The Kier molecular flexibility index (Phi) is 5.88. The molecule has 20 heavy (non-hydrogen) atoms. The number of hydrogen-bond acceptors (Lipinski definition) is 4. The summed E-state index contributed by atoms with van der Waals surface area (Å²) in [6.07, 6.45) is 0.774. The second kappa shape index (κ2) is 7.19. The lowest BCUT2D eigenvalue weighted by Crippen LogP contribution is -2.29. The third kappa shape index (κ3) is 4.45. The SMILES string of the molecule is COC(=O)C(=[N+]=[N-])S(=O)(=O)CCCc1ccc(Cl)cc1. The van der Waals surface area contributed by atoms with Crippen LogP contribution in [0.5, 0.6) is 0 Å². The Bertz CT molecular complexity index is 634. The Balaban J connectivity index is 2.66. The van der Waals surface area contributed by atoms with Crippen LogP contribution < -0.4 is 0 Å². The van der Waals surface area contributed by atoms with Gasteiger partial charge in [0.15, 0.2) is 0 Å². The number of carbonyl (C=O) groups excluding carboxylic acids is 1. The highest BCUT2D eigenvalue weighted by molar-refractivity contribution is 8.07. The highest BCUT2D eigenvalue weighted by atomic mass is 35.5. The first-order valence-corrected chi connectivity index (χ1v) is 7.71. The van der Waals surface area contributed by atoms with Gasteiger partial charge in [-0.25, -0.2) is 13.2 Å². The summed E-state index contributed by atoms with van der Waals surface area (Å²) in [5, 5.41) is -0.377. The van der Waals surface area contributed by atoms with E-state index in [9.17, 15) is 13.2 Å². The number of esters is 1. The fourth-order valence-electron chi connectivity index (χ4n) is 1.53. The molecular weight excluding hydrogens is 304 g/mol.